The summed E-state index contributed by atoms with van der Waals surface area (Å²) >= 11 is 4.06. The van der Waals surface area contributed by atoms with Gasteiger partial charge in [-0.15, -0.1) is 0 Å². The van der Waals surface area contributed by atoms with Gasteiger partial charge in [0.1, 0.15) is 18.3 Å². The topological polar surface area (TPSA) is 80.2 Å². The molecule has 2 rings (SSSR count). The van der Waals surface area contributed by atoms with Gasteiger partial charge in [-0.3, -0.25) is 0 Å². The molecule has 7 heteroatoms. The number of thiol groups is 1. The van der Waals surface area contributed by atoms with Crippen LogP contribution in [0.5, 0.6) is 0 Å². The van der Waals surface area contributed by atoms with E-state index in [0.717, 1.165) is 0 Å². The van der Waals surface area contributed by atoms with Gasteiger partial charge in [0.05, 0.1) is 6.10 Å². The highest BCUT2D eigenvalue weighted by atomic mass is 32.1. The van der Waals surface area contributed by atoms with Crippen molar-refractivity contribution in [2.24, 2.45) is 0 Å². The molecular formula is C11H21NO5S. The van der Waals surface area contributed by atoms with Crippen LogP contribution in [0.25, 0.3) is 0 Å². The standard InChI is InChI=1S/C11H21NO5S/c1-11(2)16-9-7(14)8(15-10(9)17-11)6(13)5-12-3-4-18/h6-10,12-14,18H,3-5H2,1-2H3. The van der Waals surface area contributed by atoms with Crippen molar-refractivity contribution in [1.82, 2.24) is 5.32 Å². The largest absolute Gasteiger partial charge is 0.389 e. The van der Waals surface area contributed by atoms with Crippen LogP contribution in [-0.2, 0) is 14.2 Å². The fourth-order valence-electron chi connectivity index (χ4n) is 2.28. The number of ether oxygens (including phenoxy) is 3. The summed E-state index contributed by atoms with van der Waals surface area (Å²) in [5.41, 5.74) is 0. The fourth-order valence-corrected chi connectivity index (χ4v) is 2.44. The van der Waals surface area contributed by atoms with Gasteiger partial charge in [0, 0.05) is 18.8 Å². The summed E-state index contributed by atoms with van der Waals surface area (Å²) in [5, 5.41) is 23.0. The molecule has 0 bridgehead atoms. The summed E-state index contributed by atoms with van der Waals surface area (Å²) in [7, 11) is 0. The maximum atomic E-state index is 10.1. The van der Waals surface area contributed by atoms with Crippen molar-refractivity contribution >= 4 is 12.6 Å². The maximum Gasteiger partial charge on any atom is 0.190 e. The second-order valence-electron chi connectivity index (χ2n) is 5.05. The minimum Gasteiger partial charge on any atom is -0.389 e. The van der Waals surface area contributed by atoms with Crippen molar-refractivity contribution in [3.05, 3.63) is 0 Å². The SMILES string of the molecule is CC1(C)OC2OC(C(O)CNCCS)C(O)C2O1. The second kappa shape index (κ2) is 5.62. The number of hydrogen-bond acceptors (Lipinski definition) is 7. The van der Waals surface area contributed by atoms with Crippen molar-refractivity contribution in [3.8, 4) is 0 Å². The Morgan fingerprint density at radius 3 is 2.72 bits per heavy atom. The average molecular weight is 279 g/mol. The van der Waals surface area contributed by atoms with Crippen LogP contribution in [0.15, 0.2) is 0 Å². The third-order valence-corrected chi connectivity index (χ3v) is 3.30. The first kappa shape index (κ1) is 14.5. The molecule has 0 aromatic heterocycles. The van der Waals surface area contributed by atoms with Crippen LogP contribution in [-0.4, -0.2) is 65.5 Å². The Morgan fingerprint density at radius 2 is 2.11 bits per heavy atom. The lowest BCUT2D eigenvalue weighted by Crippen LogP contribution is -2.45. The quantitative estimate of drug-likeness (QED) is 0.386. The van der Waals surface area contributed by atoms with Crippen LogP contribution in [0, 0.1) is 0 Å². The zero-order valence-electron chi connectivity index (χ0n) is 10.6. The number of hydrogen-bond donors (Lipinski definition) is 4. The van der Waals surface area contributed by atoms with Crippen LogP contribution >= 0.6 is 12.6 Å². The Kier molecular flexibility index (Phi) is 4.53. The molecular weight excluding hydrogens is 258 g/mol. The fraction of sp³-hybridized carbons (Fsp3) is 1.00. The van der Waals surface area contributed by atoms with Crippen LogP contribution in [0.1, 0.15) is 13.8 Å². The lowest BCUT2D eigenvalue weighted by molar-refractivity contribution is -0.225. The molecule has 0 radical (unpaired) electrons. The minimum atomic E-state index is -0.885. The van der Waals surface area contributed by atoms with Crippen LogP contribution < -0.4 is 5.32 Å². The molecule has 0 spiro atoms. The molecule has 5 atom stereocenters. The molecule has 106 valence electrons. The Morgan fingerprint density at radius 1 is 1.39 bits per heavy atom. The van der Waals surface area contributed by atoms with E-state index in [-0.39, 0.29) is 0 Å². The van der Waals surface area contributed by atoms with E-state index in [0.29, 0.717) is 18.8 Å². The van der Waals surface area contributed by atoms with E-state index in [1.54, 1.807) is 13.8 Å². The lowest BCUT2D eigenvalue weighted by atomic mass is 10.1. The number of aliphatic hydroxyl groups is 2. The molecule has 0 amide bonds. The van der Waals surface area contributed by atoms with Crippen molar-refractivity contribution in [2.75, 3.05) is 18.8 Å². The first-order valence-electron chi connectivity index (χ1n) is 6.13. The predicted molar refractivity (Wildman–Crippen MR) is 67.4 cm³/mol. The Bertz CT molecular complexity index is 291. The predicted octanol–water partition coefficient (Wildman–Crippen LogP) is -0.896. The summed E-state index contributed by atoms with van der Waals surface area (Å²) in [6, 6.07) is 0. The Balaban J connectivity index is 1.87. The third-order valence-electron chi connectivity index (χ3n) is 3.07. The third kappa shape index (κ3) is 2.98. The summed E-state index contributed by atoms with van der Waals surface area (Å²) in [6.07, 6.45) is -3.53. The normalized spacial score (nSPS) is 39.8. The average Bonchev–Trinajstić information content (AvgIpc) is 2.74. The van der Waals surface area contributed by atoms with Gasteiger partial charge in [-0.05, 0) is 13.8 Å². The zero-order chi connectivity index (χ0) is 13.3. The minimum absolute atomic E-state index is 0.338. The number of fused-ring (bicyclic) bond motifs is 1. The molecule has 0 aromatic carbocycles. The van der Waals surface area contributed by atoms with E-state index < -0.39 is 36.5 Å². The number of nitrogens with one attached hydrogen (secondary N) is 1. The van der Waals surface area contributed by atoms with Gasteiger partial charge >= 0.3 is 0 Å². The van der Waals surface area contributed by atoms with Crippen molar-refractivity contribution in [3.63, 3.8) is 0 Å². The van der Waals surface area contributed by atoms with Gasteiger partial charge in [0.25, 0.3) is 0 Å². The van der Waals surface area contributed by atoms with Crippen LogP contribution in [0.2, 0.25) is 0 Å². The van der Waals surface area contributed by atoms with Gasteiger partial charge in [-0.25, -0.2) is 0 Å². The highest BCUT2D eigenvalue weighted by Crippen LogP contribution is 2.38. The number of rotatable bonds is 5. The van der Waals surface area contributed by atoms with Crippen LogP contribution in [0.3, 0.4) is 0 Å². The first-order valence-corrected chi connectivity index (χ1v) is 6.76. The van der Waals surface area contributed by atoms with E-state index in [1.807, 2.05) is 0 Å². The molecule has 6 nitrogen and oxygen atoms in total. The molecule has 3 N–H and O–H groups in total. The molecule has 0 aliphatic carbocycles. The molecule has 0 saturated carbocycles. The molecule has 2 fully saturated rings. The van der Waals surface area contributed by atoms with Crippen molar-refractivity contribution in [2.45, 2.75) is 50.3 Å². The van der Waals surface area contributed by atoms with E-state index >= 15 is 0 Å². The van der Waals surface area contributed by atoms with Gasteiger partial charge in [0.15, 0.2) is 12.1 Å². The maximum absolute atomic E-state index is 10.1. The lowest BCUT2D eigenvalue weighted by Gasteiger charge is -2.26. The first-order chi connectivity index (χ1) is 8.44. The van der Waals surface area contributed by atoms with Gasteiger partial charge in [-0.2, -0.15) is 12.6 Å². The molecule has 18 heavy (non-hydrogen) atoms. The van der Waals surface area contributed by atoms with Crippen molar-refractivity contribution < 1.29 is 24.4 Å². The van der Waals surface area contributed by atoms with Crippen LogP contribution in [0.4, 0.5) is 0 Å². The summed E-state index contributed by atoms with van der Waals surface area (Å²) in [5.74, 6) is -0.0665. The molecule has 0 aromatic rings. The highest BCUT2D eigenvalue weighted by molar-refractivity contribution is 7.80. The monoisotopic (exact) mass is 279 g/mol. The summed E-state index contributed by atoms with van der Waals surface area (Å²) < 4.78 is 16.6. The smallest absolute Gasteiger partial charge is 0.190 e. The van der Waals surface area contributed by atoms with E-state index in [9.17, 15) is 10.2 Å². The zero-order valence-corrected chi connectivity index (χ0v) is 11.5. The Labute approximate surface area is 112 Å². The number of aliphatic hydroxyl groups excluding tert-OH is 2. The molecule has 2 aliphatic rings. The summed E-state index contributed by atoms with van der Waals surface area (Å²) in [6.45, 7) is 4.56. The van der Waals surface area contributed by atoms with Gasteiger partial charge in [-0.1, -0.05) is 0 Å². The van der Waals surface area contributed by atoms with Crippen molar-refractivity contribution in [1.29, 1.82) is 0 Å². The van der Waals surface area contributed by atoms with Gasteiger partial charge in [0.2, 0.25) is 0 Å². The Hall–Kier alpha value is 0.110. The molecule has 5 unspecified atom stereocenters. The van der Waals surface area contributed by atoms with E-state index in [2.05, 4.69) is 17.9 Å². The molecule has 2 saturated heterocycles. The van der Waals surface area contributed by atoms with Gasteiger partial charge < -0.3 is 29.7 Å². The molecule has 2 aliphatic heterocycles. The van der Waals surface area contributed by atoms with E-state index in [1.165, 1.54) is 0 Å². The van der Waals surface area contributed by atoms with E-state index in [4.69, 9.17) is 14.2 Å². The molecule has 2 heterocycles. The summed E-state index contributed by atoms with van der Waals surface area (Å²) in [4.78, 5) is 0. The second-order valence-corrected chi connectivity index (χ2v) is 5.50. The highest BCUT2D eigenvalue weighted by Gasteiger charge is 2.55.